The Balaban J connectivity index is 1.57. The van der Waals surface area contributed by atoms with Crippen LogP contribution in [0.15, 0.2) is 71.6 Å². The molecule has 0 fully saturated rings. The van der Waals surface area contributed by atoms with E-state index in [1.54, 1.807) is 68.4 Å². The number of fused-ring (bicyclic) bond motifs is 2. The van der Waals surface area contributed by atoms with Crippen LogP contribution in [0.25, 0.3) is 0 Å². The van der Waals surface area contributed by atoms with Crippen LogP contribution in [-0.4, -0.2) is 31.1 Å². The lowest BCUT2D eigenvalue weighted by Crippen LogP contribution is -2.24. The number of nitrogens with one attached hydrogen (secondary N) is 1. The molecule has 0 saturated carbocycles. The maximum atomic E-state index is 13.0. The number of carbonyl (C=O) groups excluding carboxylic acids is 3. The normalized spacial score (nSPS) is 13.0. The third kappa shape index (κ3) is 3.76. The maximum Gasteiger partial charge on any atom is 0.228 e. The van der Waals surface area contributed by atoms with Crippen molar-refractivity contribution in [2.45, 2.75) is 30.4 Å². The van der Waals surface area contributed by atoms with Crippen LogP contribution in [0.1, 0.15) is 51.3 Å². The van der Waals surface area contributed by atoms with Gasteiger partial charge in [0.2, 0.25) is 5.91 Å². The van der Waals surface area contributed by atoms with Gasteiger partial charge in [0.25, 0.3) is 0 Å². The van der Waals surface area contributed by atoms with E-state index in [4.69, 9.17) is 0 Å². The number of hydrogen-bond donors (Lipinski definition) is 1. The van der Waals surface area contributed by atoms with Crippen molar-refractivity contribution in [3.05, 3.63) is 94.5 Å². The highest BCUT2D eigenvalue weighted by molar-refractivity contribution is 7.92. The molecule has 0 unspecified atom stereocenters. The van der Waals surface area contributed by atoms with Crippen molar-refractivity contribution in [2.24, 2.45) is 0 Å². The molecule has 0 saturated heterocycles. The molecule has 1 amide bonds. The molecule has 1 aliphatic rings. The highest BCUT2D eigenvalue weighted by Gasteiger charge is 2.31. The molecule has 0 aliphatic heterocycles. The van der Waals surface area contributed by atoms with Crippen LogP contribution in [0.3, 0.4) is 0 Å². The summed E-state index contributed by atoms with van der Waals surface area (Å²) in [5, 5.41) is 2.20. The molecule has 0 aromatic heterocycles. The molecule has 162 valence electrons. The number of ketones is 2. The van der Waals surface area contributed by atoms with Gasteiger partial charge in [-0.25, -0.2) is 8.42 Å². The summed E-state index contributed by atoms with van der Waals surface area (Å²) in [4.78, 5) is 38.7. The highest BCUT2D eigenvalue weighted by Crippen LogP contribution is 2.32. The van der Waals surface area contributed by atoms with Gasteiger partial charge in [0.05, 0.1) is 27.8 Å². The molecular weight excluding hydrogens is 426 g/mol. The van der Waals surface area contributed by atoms with Gasteiger partial charge in [0, 0.05) is 16.7 Å². The number of sulfone groups is 1. The minimum atomic E-state index is -3.39. The molecular formula is C25H21NO5S. The summed E-state index contributed by atoms with van der Waals surface area (Å²) >= 11 is 0. The molecule has 6 nitrogen and oxygen atoms in total. The van der Waals surface area contributed by atoms with E-state index in [0.29, 0.717) is 16.7 Å². The van der Waals surface area contributed by atoms with E-state index in [1.807, 2.05) is 0 Å². The molecule has 0 spiro atoms. The van der Waals surface area contributed by atoms with Crippen molar-refractivity contribution >= 4 is 33.0 Å². The van der Waals surface area contributed by atoms with Gasteiger partial charge in [-0.2, -0.15) is 0 Å². The Morgan fingerprint density at radius 1 is 0.812 bits per heavy atom. The molecule has 7 heteroatoms. The van der Waals surface area contributed by atoms with Crippen LogP contribution in [0, 0.1) is 0 Å². The Morgan fingerprint density at radius 3 is 2.03 bits per heavy atom. The molecule has 32 heavy (non-hydrogen) atoms. The summed E-state index contributed by atoms with van der Waals surface area (Å²) in [7, 11) is -3.39. The lowest BCUT2D eigenvalue weighted by atomic mass is 9.83. The molecule has 0 bridgehead atoms. The van der Waals surface area contributed by atoms with E-state index in [0.717, 1.165) is 0 Å². The standard InChI is InChI=1S/C25H21NO5S/c1-15(2)32(30,31)17-12-10-16(11-13-17)14-22(27)26-21-9-5-8-20-23(21)25(29)19-7-4-3-6-18(19)24(20)28/h3-13,15H,14H2,1-2H3,(H,26,27). The van der Waals surface area contributed by atoms with E-state index >= 15 is 0 Å². The first-order chi connectivity index (χ1) is 15.2. The van der Waals surface area contributed by atoms with Gasteiger partial charge in [0.1, 0.15) is 0 Å². The van der Waals surface area contributed by atoms with Gasteiger partial charge < -0.3 is 5.32 Å². The van der Waals surface area contributed by atoms with Crippen molar-refractivity contribution in [3.63, 3.8) is 0 Å². The molecule has 3 aromatic rings. The number of hydrogen-bond acceptors (Lipinski definition) is 5. The SMILES string of the molecule is CC(C)S(=O)(=O)c1ccc(CC(=O)Nc2cccc3c2C(=O)c2ccccc2C3=O)cc1. The number of anilines is 1. The third-order valence-electron chi connectivity index (χ3n) is 5.46. The van der Waals surface area contributed by atoms with Crippen LogP contribution in [-0.2, 0) is 21.1 Å². The Hall–Kier alpha value is -3.58. The van der Waals surface area contributed by atoms with E-state index in [-0.39, 0.29) is 45.6 Å². The lowest BCUT2D eigenvalue weighted by molar-refractivity contribution is -0.115. The average Bonchev–Trinajstić information content (AvgIpc) is 2.77. The Bertz CT molecular complexity index is 1360. The number of rotatable bonds is 5. The predicted molar refractivity (Wildman–Crippen MR) is 121 cm³/mol. The monoisotopic (exact) mass is 447 g/mol. The maximum absolute atomic E-state index is 13.0. The van der Waals surface area contributed by atoms with E-state index in [9.17, 15) is 22.8 Å². The smallest absolute Gasteiger partial charge is 0.228 e. The van der Waals surface area contributed by atoms with Crippen molar-refractivity contribution in [2.75, 3.05) is 5.32 Å². The fraction of sp³-hybridized carbons (Fsp3) is 0.160. The lowest BCUT2D eigenvalue weighted by Gasteiger charge is -2.20. The van der Waals surface area contributed by atoms with Gasteiger partial charge in [-0.15, -0.1) is 0 Å². The van der Waals surface area contributed by atoms with E-state index in [1.165, 1.54) is 12.1 Å². The molecule has 0 radical (unpaired) electrons. The minimum Gasteiger partial charge on any atom is -0.325 e. The molecule has 4 rings (SSSR count). The van der Waals surface area contributed by atoms with Gasteiger partial charge >= 0.3 is 0 Å². The zero-order chi connectivity index (χ0) is 23.0. The Labute approximate surface area is 186 Å². The topological polar surface area (TPSA) is 97.4 Å². The Kier molecular flexibility index (Phi) is 5.52. The fourth-order valence-corrected chi connectivity index (χ4v) is 4.76. The van der Waals surface area contributed by atoms with Crippen molar-refractivity contribution in [3.8, 4) is 0 Å². The molecule has 0 atom stereocenters. The number of amides is 1. The Morgan fingerprint density at radius 2 is 1.41 bits per heavy atom. The van der Waals surface area contributed by atoms with Gasteiger partial charge in [-0.05, 0) is 37.6 Å². The largest absolute Gasteiger partial charge is 0.325 e. The summed E-state index contributed by atoms with van der Waals surface area (Å²) in [6.45, 7) is 3.23. The summed E-state index contributed by atoms with van der Waals surface area (Å²) < 4.78 is 24.5. The highest BCUT2D eigenvalue weighted by atomic mass is 32.2. The average molecular weight is 448 g/mol. The molecule has 3 aromatic carbocycles. The van der Waals surface area contributed by atoms with E-state index < -0.39 is 15.1 Å². The summed E-state index contributed by atoms with van der Waals surface area (Å²) in [5.41, 5.74) is 2.01. The van der Waals surface area contributed by atoms with Gasteiger partial charge in [-0.1, -0.05) is 48.5 Å². The van der Waals surface area contributed by atoms with Crippen LogP contribution >= 0.6 is 0 Å². The third-order valence-corrected chi connectivity index (χ3v) is 7.63. The first-order valence-corrected chi connectivity index (χ1v) is 11.7. The van der Waals surface area contributed by atoms with Crippen molar-refractivity contribution in [1.82, 2.24) is 0 Å². The second-order valence-corrected chi connectivity index (χ2v) is 10.4. The second kappa shape index (κ2) is 8.16. The molecule has 1 aliphatic carbocycles. The van der Waals surface area contributed by atoms with Crippen LogP contribution < -0.4 is 5.32 Å². The quantitative estimate of drug-likeness (QED) is 0.502. The van der Waals surface area contributed by atoms with Crippen molar-refractivity contribution in [1.29, 1.82) is 0 Å². The fourth-order valence-electron chi connectivity index (χ4n) is 3.70. The van der Waals surface area contributed by atoms with Crippen LogP contribution in [0.4, 0.5) is 5.69 Å². The predicted octanol–water partition coefficient (Wildman–Crippen LogP) is 3.83. The van der Waals surface area contributed by atoms with Crippen LogP contribution in [0.2, 0.25) is 0 Å². The zero-order valence-corrected chi connectivity index (χ0v) is 18.4. The van der Waals surface area contributed by atoms with E-state index in [2.05, 4.69) is 5.32 Å². The summed E-state index contributed by atoms with van der Waals surface area (Å²) in [6, 6.07) is 17.6. The first kappa shape index (κ1) is 21.6. The van der Waals surface area contributed by atoms with Crippen LogP contribution in [0.5, 0.6) is 0 Å². The zero-order valence-electron chi connectivity index (χ0n) is 17.6. The van der Waals surface area contributed by atoms with Gasteiger partial charge in [-0.3, -0.25) is 14.4 Å². The molecule has 1 N–H and O–H groups in total. The van der Waals surface area contributed by atoms with Gasteiger partial charge in [0.15, 0.2) is 21.4 Å². The van der Waals surface area contributed by atoms with Crippen molar-refractivity contribution < 1.29 is 22.8 Å². The minimum absolute atomic E-state index is 0.00953. The second-order valence-electron chi connectivity index (χ2n) is 7.89. The molecule has 0 heterocycles. The summed E-state index contributed by atoms with van der Waals surface area (Å²) in [5.74, 6) is -0.945. The first-order valence-electron chi connectivity index (χ1n) is 10.1. The number of carbonyl (C=O) groups is 3. The summed E-state index contributed by atoms with van der Waals surface area (Å²) in [6.07, 6.45) is -0.00953. The number of benzene rings is 3.